The Hall–Kier alpha value is -2.12. The topological polar surface area (TPSA) is 69.4 Å². The van der Waals surface area contributed by atoms with Crippen molar-refractivity contribution in [1.29, 1.82) is 0 Å². The van der Waals surface area contributed by atoms with Gasteiger partial charge in [0.2, 0.25) is 0 Å². The highest BCUT2D eigenvalue weighted by Crippen LogP contribution is 2.41. The van der Waals surface area contributed by atoms with Gasteiger partial charge in [-0.3, -0.25) is 14.9 Å². The molecule has 104 valence electrons. The maximum atomic E-state index is 12.7. The van der Waals surface area contributed by atoms with Gasteiger partial charge in [-0.05, 0) is 26.0 Å². The minimum absolute atomic E-state index is 0.0722. The number of halogens is 3. The largest absolute Gasteiger partial charge is 0.493 e. The number of Topliss-reactive ketones (excluding diaryl/α,β-unsaturated/α-hetero) is 1. The quantitative estimate of drug-likeness (QED) is 0.481. The van der Waals surface area contributed by atoms with Crippen LogP contribution in [0.5, 0.6) is 5.75 Å². The molecule has 1 rings (SSSR count). The van der Waals surface area contributed by atoms with Crippen LogP contribution in [0.3, 0.4) is 0 Å². The molecule has 0 bridgehead atoms. The zero-order valence-corrected chi connectivity index (χ0v) is 10.1. The first-order valence-corrected chi connectivity index (χ1v) is 5.22. The number of nitro benzene ring substituents is 1. The van der Waals surface area contributed by atoms with Crippen LogP contribution in [-0.2, 0) is 6.18 Å². The molecule has 0 aliphatic rings. The van der Waals surface area contributed by atoms with E-state index in [0.717, 1.165) is 13.0 Å². The Kier molecular flexibility index (Phi) is 4.13. The van der Waals surface area contributed by atoms with E-state index in [1.54, 1.807) is 6.92 Å². The summed E-state index contributed by atoms with van der Waals surface area (Å²) in [6.45, 7) is 2.57. The monoisotopic (exact) mass is 277 g/mol. The molecule has 0 radical (unpaired) electrons. The maximum absolute atomic E-state index is 12.7. The molecule has 8 heteroatoms. The summed E-state index contributed by atoms with van der Waals surface area (Å²) in [6.07, 6.45) is -4.92. The third-order valence-corrected chi connectivity index (χ3v) is 2.28. The van der Waals surface area contributed by atoms with Gasteiger partial charge >= 0.3 is 6.18 Å². The number of benzene rings is 1. The lowest BCUT2D eigenvalue weighted by molar-refractivity contribution is -0.388. The molecule has 0 aromatic heterocycles. The molecule has 1 aromatic rings. The van der Waals surface area contributed by atoms with E-state index in [9.17, 15) is 28.1 Å². The molecule has 1 aromatic carbocycles. The summed E-state index contributed by atoms with van der Waals surface area (Å²) in [4.78, 5) is 21.0. The average Bonchev–Trinajstić information content (AvgIpc) is 2.26. The molecule has 5 nitrogen and oxygen atoms in total. The third kappa shape index (κ3) is 3.01. The molecule has 0 aliphatic carbocycles. The summed E-state index contributed by atoms with van der Waals surface area (Å²) < 4.78 is 43.1. The summed E-state index contributed by atoms with van der Waals surface area (Å²) in [5, 5.41) is 10.8. The number of carbonyl (C=O) groups is 1. The Bertz CT molecular complexity index is 525. The molecule has 0 fully saturated rings. The number of hydrogen-bond acceptors (Lipinski definition) is 4. The Balaban J connectivity index is 3.69. The molecule has 0 unspecified atom stereocenters. The van der Waals surface area contributed by atoms with Crippen LogP contribution in [0.2, 0.25) is 0 Å². The molecular weight excluding hydrogens is 267 g/mol. The average molecular weight is 277 g/mol. The van der Waals surface area contributed by atoms with Crippen LogP contribution in [0.15, 0.2) is 12.1 Å². The number of alkyl halides is 3. The van der Waals surface area contributed by atoms with Crippen molar-refractivity contribution >= 4 is 11.5 Å². The van der Waals surface area contributed by atoms with Gasteiger partial charge < -0.3 is 4.74 Å². The SMILES string of the molecule is CCOc1ccc(C(F)(F)F)c([N+](=O)[O-])c1C(C)=O. The second-order valence-electron chi connectivity index (χ2n) is 3.58. The first-order chi connectivity index (χ1) is 8.70. The lowest BCUT2D eigenvalue weighted by Gasteiger charge is -2.13. The standard InChI is InChI=1S/C11H10F3NO4/c1-3-19-8-5-4-7(11(12,13)14)10(15(17)18)9(8)6(2)16/h4-5H,3H2,1-2H3. The van der Waals surface area contributed by atoms with Crippen molar-refractivity contribution in [2.75, 3.05) is 6.61 Å². The minimum atomic E-state index is -4.92. The van der Waals surface area contributed by atoms with E-state index in [4.69, 9.17) is 4.74 Å². The summed E-state index contributed by atoms with van der Waals surface area (Å²) in [5.41, 5.74) is -3.40. The van der Waals surface area contributed by atoms with E-state index in [1.165, 1.54) is 0 Å². The number of nitro groups is 1. The fraction of sp³-hybridized carbons (Fsp3) is 0.364. The molecule has 0 saturated heterocycles. The van der Waals surface area contributed by atoms with E-state index in [1.807, 2.05) is 0 Å². The predicted molar refractivity (Wildman–Crippen MR) is 59.3 cm³/mol. The van der Waals surface area contributed by atoms with Crippen LogP contribution >= 0.6 is 0 Å². The normalized spacial score (nSPS) is 11.2. The Morgan fingerprint density at radius 3 is 2.37 bits per heavy atom. The van der Waals surface area contributed by atoms with Gasteiger partial charge in [-0.1, -0.05) is 0 Å². The van der Waals surface area contributed by atoms with E-state index in [-0.39, 0.29) is 12.4 Å². The molecule has 19 heavy (non-hydrogen) atoms. The van der Waals surface area contributed by atoms with Gasteiger partial charge in [0.15, 0.2) is 5.78 Å². The van der Waals surface area contributed by atoms with Crippen molar-refractivity contribution in [3.8, 4) is 5.75 Å². The van der Waals surface area contributed by atoms with Gasteiger partial charge in [-0.25, -0.2) is 0 Å². The number of hydrogen-bond donors (Lipinski definition) is 0. The van der Waals surface area contributed by atoms with Crippen LogP contribution < -0.4 is 4.74 Å². The Morgan fingerprint density at radius 2 is 2.00 bits per heavy atom. The van der Waals surface area contributed by atoms with Gasteiger partial charge in [0.25, 0.3) is 5.69 Å². The second kappa shape index (κ2) is 5.25. The number of nitrogens with zero attached hydrogens (tertiary/aromatic N) is 1. The van der Waals surface area contributed by atoms with Crippen molar-refractivity contribution in [2.24, 2.45) is 0 Å². The first kappa shape index (κ1) is 14.9. The van der Waals surface area contributed by atoms with Crippen molar-refractivity contribution in [1.82, 2.24) is 0 Å². The lowest BCUT2D eigenvalue weighted by atomic mass is 10.0. The fourth-order valence-electron chi connectivity index (χ4n) is 1.61. The van der Waals surface area contributed by atoms with Gasteiger partial charge in [0.1, 0.15) is 16.9 Å². The number of carbonyl (C=O) groups excluding carboxylic acids is 1. The zero-order chi connectivity index (χ0) is 14.8. The molecule has 0 saturated carbocycles. The van der Waals surface area contributed by atoms with Gasteiger partial charge in [0.05, 0.1) is 11.5 Å². The second-order valence-corrected chi connectivity index (χ2v) is 3.58. The highest BCUT2D eigenvalue weighted by atomic mass is 19.4. The molecule has 0 atom stereocenters. The molecule has 0 aliphatic heterocycles. The van der Waals surface area contributed by atoms with Gasteiger partial charge in [-0.2, -0.15) is 13.2 Å². The fourth-order valence-corrected chi connectivity index (χ4v) is 1.61. The van der Waals surface area contributed by atoms with Crippen LogP contribution in [-0.4, -0.2) is 17.3 Å². The van der Waals surface area contributed by atoms with Crippen LogP contribution in [0.25, 0.3) is 0 Å². The van der Waals surface area contributed by atoms with Crippen molar-refractivity contribution in [3.63, 3.8) is 0 Å². The van der Waals surface area contributed by atoms with E-state index in [2.05, 4.69) is 0 Å². The van der Waals surface area contributed by atoms with Crippen LogP contribution in [0.1, 0.15) is 29.8 Å². The van der Waals surface area contributed by atoms with Crippen molar-refractivity contribution in [3.05, 3.63) is 33.4 Å². The van der Waals surface area contributed by atoms with Crippen LogP contribution in [0, 0.1) is 10.1 Å². The maximum Gasteiger partial charge on any atom is 0.423 e. The summed E-state index contributed by atoms with van der Waals surface area (Å²) in [6, 6.07) is 1.45. The van der Waals surface area contributed by atoms with E-state index < -0.39 is 33.7 Å². The highest BCUT2D eigenvalue weighted by molar-refractivity contribution is 6.01. The molecule has 0 amide bonds. The van der Waals surface area contributed by atoms with Gasteiger partial charge in [-0.15, -0.1) is 0 Å². The molecular formula is C11H10F3NO4. The van der Waals surface area contributed by atoms with Gasteiger partial charge in [0, 0.05) is 0 Å². The van der Waals surface area contributed by atoms with Crippen molar-refractivity contribution < 1.29 is 27.6 Å². The predicted octanol–water partition coefficient (Wildman–Crippen LogP) is 3.21. The third-order valence-electron chi connectivity index (χ3n) is 2.28. The highest BCUT2D eigenvalue weighted by Gasteiger charge is 2.41. The Morgan fingerprint density at radius 1 is 1.42 bits per heavy atom. The summed E-state index contributed by atoms with van der Waals surface area (Å²) in [7, 11) is 0. The first-order valence-electron chi connectivity index (χ1n) is 5.22. The summed E-state index contributed by atoms with van der Waals surface area (Å²) in [5.74, 6) is -1.09. The molecule has 0 spiro atoms. The Labute approximate surface area is 106 Å². The minimum Gasteiger partial charge on any atom is -0.493 e. The molecule has 0 N–H and O–H groups in total. The van der Waals surface area contributed by atoms with E-state index in [0.29, 0.717) is 6.07 Å². The lowest BCUT2D eigenvalue weighted by Crippen LogP contribution is -2.13. The number of ketones is 1. The zero-order valence-electron chi connectivity index (χ0n) is 10.1. The smallest absolute Gasteiger partial charge is 0.423 e. The molecule has 0 heterocycles. The number of ether oxygens (including phenoxy) is 1. The van der Waals surface area contributed by atoms with E-state index >= 15 is 0 Å². The number of rotatable bonds is 4. The van der Waals surface area contributed by atoms with Crippen LogP contribution in [0.4, 0.5) is 18.9 Å². The summed E-state index contributed by atoms with van der Waals surface area (Å²) >= 11 is 0. The van der Waals surface area contributed by atoms with Crippen molar-refractivity contribution in [2.45, 2.75) is 20.0 Å².